The number of fused-ring (bicyclic) bond motifs is 1. The van der Waals surface area contributed by atoms with E-state index in [0.717, 1.165) is 27.8 Å². The number of carbonyl (C=O) groups excluding carboxylic acids is 3. The summed E-state index contributed by atoms with van der Waals surface area (Å²) in [5.74, 6) is -1.41. The van der Waals surface area contributed by atoms with Crippen LogP contribution >= 0.6 is 0 Å². The molecular formula is C33H32N4O5. The second-order valence-corrected chi connectivity index (χ2v) is 10.6. The maximum Gasteiger partial charge on any atom is 0.309 e. The molecule has 2 aliphatic rings. The van der Waals surface area contributed by atoms with Crippen molar-refractivity contribution in [3.63, 3.8) is 0 Å². The number of rotatable bonds is 9. The molecular weight excluding hydrogens is 532 g/mol. The molecule has 0 radical (unpaired) electrons. The molecule has 214 valence electrons. The van der Waals surface area contributed by atoms with Gasteiger partial charge in [-0.25, -0.2) is 11.6 Å². The van der Waals surface area contributed by atoms with Crippen molar-refractivity contribution in [2.75, 3.05) is 25.6 Å². The summed E-state index contributed by atoms with van der Waals surface area (Å²) >= 11 is 0. The van der Waals surface area contributed by atoms with E-state index in [2.05, 4.69) is 15.3 Å². The number of methoxy groups -OCH3 is 1. The van der Waals surface area contributed by atoms with Crippen LogP contribution in [0.25, 0.3) is 4.85 Å². The summed E-state index contributed by atoms with van der Waals surface area (Å²) in [6, 6.07) is 22.6. The van der Waals surface area contributed by atoms with Crippen molar-refractivity contribution < 1.29 is 23.9 Å². The highest BCUT2D eigenvalue weighted by molar-refractivity contribution is 5.98. The van der Waals surface area contributed by atoms with Crippen LogP contribution < -0.4 is 5.32 Å². The summed E-state index contributed by atoms with van der Waals surface area (Å²) in [4.78, 5) is 41.9. The second-order valence-electron chi connectivity index (χ2n) is 10.6. The first-order valence-corrected chi connectivity index (χ1v) is 13.9. The predicted octanol–water partition coefficient (Wildman–Crippen LogP) is 4.57. The summed E-state index contributed by atoms with van der Waals surface area (Å²) in [7, 11) is 1.39. The van der Waals surface area contributed by atoms with Gasteiger partial charge in [0.2, 0.25) is 18.3 Å². The van der Waals surface area contributed by atoms with Gasteiger partial charge in [0.05, 0.1) is 25.5 Å². The minimum Gasteiger partial charge on any atom is -0.469 e. The van der Waals surface area contributed by atoms with E-state index in [1.54, 1.807) is 0 Å². The third kappa shape index (κ3) is 6.18. The Morgan fingerprint density at radius 3 is 2.57 bits per heavy atom. The fraction of sp³-hybridized carbons (Fsp3) is 0.303. The highest BCUT2D eigenvalue weighted by Crippen LogP contribution is 2.35. The van der Waals surface area contributed by atoms with Gasteiger partial charge in [-0.2, -0.15) is 0 Å². The van der Waals surface area contributed by atoms with Gasteiger partial charge < -0.3 is 19.6 Å². The molecule has 3 aromatic carbocycles. The SMILES string of the molecule is [C-]#[N+]CC(C)C(C(=O)Nc1cccc2c1CC(C(=O)OC)C2)c1ccc(CN2N=C(c3ccccc3)OCC2=O)cc1. The fourth-order valence-corrected chi connectivity index (χ4v) is 5.55. The number of nitrogens with one attached hydrogen (secondary N) is 1. The molecule has 5 rings (SSSR count). The molecule has 0 spiro atoms. The largest absolute Gasteiger partial charge is 0.469 e. The molecule has 0 fully saturated rings. The van der Waals surface area contributed by atoms with Crippen LogP contribution in [0.3, 0.4) is 0 Å². The number of anilines is 1. The molecule has 3 atom stereocenters. The quantitative estimate of drug-likeness (QED) is 0.303. The van der Waals surface area contributed by atoms with E-state index in [1.807, 2.05) is 79.7 Å². The molecule has 9 heteroatoms. The number of amides is 2. The minimum absolute atomic E-state index is 0.0915. The first-order chi connectivity index (χ1) is 20.4. The lowest BCUT2D eigenvalue weighted by Crippen LogP contribution is -2.36. The number of nitrogens with zero attached hydrogens (tertiary/aromatic N) is 3. The van der Waals surface area contributed by atoms with Crippen LogP contribution in [0, 0.1) is 18.4 Å². The highest BCUT2D eigenvalue weighted by atomic mass is 16.5. The Balaban J connectivity index is 1.34. The van der Waals surface area contributed by atoms with Crippen molar-refractivity contribution in [2.45, 2.75) is 32.2 Å². The van der Waals surface area contributed by atoms with Crippen molar-refractivity contribution >= 4 is 29.4 Å². The number of hydrogen-bond donors (Lipinski definition) is 1. The van der Waals surface area contributed by atoms with Crippen LogP contribution in [0.5, 0.6) is 0 Å². The lowest BCUT2D eigenvalue weighted by molar-refractivity contribution is -0.145. The number of hydrazone groups is 1. The molecule has 1 N–H and O–H groups in total. The smallest absolute Gasteiger partial charge is 0.309 e. The number of ether oxygens (including phenoxy) is 2. The molecule has 42 heavy (non-hydrogen) atoms. The zero-order valence-electron chi connectivity index (χ0n) is 23.6. The summed E-state index contributed by atoms with van der Waals surface area (Å²) in [6.07, 6.45) is 1.08. The number of esters is 1. The van der Waals surface area contributed by atoms with E-state index < -0.39 is 5.92 Å². The highest BCUT2D eigenvalue weighted by Gasteiger charge is 2.33. The first kappa shape index (κ1) is 28.6. The lowest BCUT2D eigenvalue weighted by Gasteiger charge is -2.24. The van der Waals surface area contributed by atoms with Gasteiger partial charge in [0.1, 0.15) is 0 Å². The standard InChI is InChI=1S/C33H32N4O5/c1-21(18-34-2)30(31(39)35-28-11-7-10-25-16-26(17-27(25)28)33(40)41-3)23-14-12-22(13-15-23)19-37-29(38)20-42-32(36-37)24-8-5-4-6-9-24/h4-15,21,26,30H,16-20H2,1,3H3,(H,35,39). The maximum atomic E-state index is 13.7. The molecule has 0 bridgehead atoms. The average molecular weight is 565 g/mol. The van der Waals surface area contributed by atoms with Gasteiger partial charge >= 0.3 is 5.97 Å². The molecule has 1 aliphatic heterocycles. The average Bonchev–Trinajstić information content (AvgIpc) is 3.45. The van der Waals surface area contributed by atoms with E-state index in [-0.39, 0.29) is 49.3 Å². The first-order valence-electron chi connectivity index (χ1n) is 13.9. The Morgan fingerprint density at radius 2 is 1.86 bits per heavy atom. The Bertz CT molecular complexity index is 1540. The van der Waals surface area contributed by atoms with Crippen molar-refractivity contribution in [3.05, 3.63) is 112 Å². The van der Waals surface area contributed by atoms with E-state index in [4.69, 9.17) is 16.0 Å². The van der Waals surface area contributed by atoms with Crippen molar-refractivity contribution in [3.8, 4) is 0 Å². The molecule has 0 saturated heterocycles. The Morgan fingerprint density at radius 1 is 1.10 bits per heavy atom. The van der Waals surface area contributed by atoms with E-state index >= 15 is 0 Å². The Kier molecular flexibility index (Phi) is 8.63. The summed E-state index contributed by atoms with van der Waals surface area (Å²) in [5, 5.41) is 8.89. The zero-order valence-corrected chi connectivity index (χ0v) is 23.6. The summed E-state index contributed by atoms with van der Waals surface area (Å²) < 4.78 is 10.5. The van der Waals surface area contributed by atoms with Gasteiger partial charge in [-0.1, -0.05) is 61.5 Å². The van der Waals surface area contributed by atoms with Crippen molar-refractivity contribution in [1.82, 2.24) is 5.01 Å². The third-order valence-corrected chi connectivity index (χ3v) is 7.74. The van der Waals surface area contributed by atoms with E-state index in [0.29, 0.717) is 24.4 Å². The van der Waals surface area contributed by atoms with Gasteiger partial charge in [-0.05, 0) is 53.3 Å². The van der Waals surface area contributed by atoms with Crippen LogP contribution in [0.1, 0.15) is 40.7 Å². The number of carbonyl (C=O) groups is 3. The van der Waals surface area contributed by atoms with E-state index in [1.165, 1.54) is 12.1 Å². The van der Waals surface area contributed by atoms with Gasteiger partial charge in [0, 0.05) is 17.2 Å². The topological polar surface area (TPSA) is 102 Å². The molecule has 0 saturated carbocycles. The van der Waals surface area contributed by atoms with Crippen molar-refractivity contribution in [1.29, 1.82) is 0 Å². The van der Waals surface area contributed by atoms with Gasteiger partial charge in [-0.3, -0.25) is 14.4 Å². The van der Waals surface area contributed by atoms with Crippen molar-refractivity contribution in [2.24, 2.45) is 16.9 Å². The maximum absolute atomic E-state index is 13.7. The molecule has 3 aromatic rings. The third-order valence-electron chi connectivity index (χ3n) is 7.74. The van der Waals surface area contributed by atoms with Crippen LogP contribution in [0.15, 0.2) is 77.9 Å². The van der Waals surface area contributed by atoms with Crippen LogP contribution in [-0.2, 0) is 43.2 Å². The molecule has 3 unspecified atom stereocenters. The molecule has 1 heterocycles. The Hall–Kier alpha value is -4.97. The monoisotopic (exact) mass is 564 g/mol. The molecule has 2 amide bonds. The predicted molar refractivity (Wildman–Crippen MR) is 157 cm³/mol. The summed E-state index contributed by atoms with van der Waals surface area (Å²) in [6.45, 7) is 9.64. The number of benzene rings is 3. The van der Waals surface area contributed by atoms with Crippen LogP contribution in [0.4, 0.5) is 5.69 Å². The Labute approximate surface area is 244 Å². The fourth-order valence-electron chi connectivity index (χ4n) is 5.55. The second kappa shape index (κ2) is 12.7. The van der Waals surface area contributed by atoms with E-state index in [9.17, 15) is 14.4 Å². The molecule has 9 nitrogen and oxygen atoms in total. The molecule has 0 aromatic heterocycles. The lowest BCUT2D eigenvalue weighted by atomic mass is 9.85. The van der Waals surface area contributed by atoms with Crippen LogP contribution in [-0.4, -0.2) is 49.0 Å². The van der Waals surface area contributed by atoms with Crippen LogP contribution in [0.2, 0.25) is 0 Å². The number of hydrogen-bond acceptors (Lipinski definition) is 6. The minimum atomic E-state index is -0.575. The molecule has 1 aliphatic carbocycles. The zero-order chi connectivity index (χ0) is 29.6. The summed E-state index contributed by atoms with van der Waals surface area (Å²) in [5.41, 5.74) is 5.05. The van der Waals surface area contributed by atoms with Gasteiger partial charge in [0.15, 0.2) is 6.61 Å². The normalized spacial score (nSPS) is 17.3. The van der Waals surface area contributed by atoms with Gasteiger partial charge in [-0.15, -0.1) is 5.10 Å². The van der Waals surface area contributed by atoms with Gasteiger partial charge in [0.25, 0.3) is 5.91 Å².